The van der Waals surface area contributed by atoms with Crippen LogP contribution in [0.2, 0.25) is 0 Å². The Balaban J connectivity index is 3.93. The van der Waals surface area contributed by atoms with Crippen LogP contribution >= 0.6 is 0 Å². The minimum absolute atomic E-state index is 0.276. The van der Waals surface area contributed by atoms with Crippen molar-refractivity contribution in [2.45, 2.75) is 45.8 Å². The second-order valence-corrected chi connectivity index (χ2v) is 4.14. The molecule has 98 valence electrons. The normalized spacial score (nSPS) is 14.4. The van der Waals surface area contributed by atoms with Gasteiger partial charge in [-0.05, 0) is 39.4 Å². The number of nitrogens with zero attached hydrogens (tertiary/aromatic N) is 1. The van der Waals surface area contributed by atoms with Crippen LogP contribution in [-0.4, -0.2) is 43.3 Å². The van der Waals surface area contributed by atoms with Crippen molar-refractivity contribution in [1.29, 1.82) is 0 Å². The van der Waals surface area contributed by atoms with E-state index >= 15 is 0 Å². The van der Waals surface area contributed by atoms with E-state index in [9.17, 15) is 13.2 Å². The third-order valence-electron chi connectivity index (χ3n) is 2.37. The number of rotatable bonds is 8. The van der Waals surface area contributed by atoms with Crippen LogP contribution in [0, 0.1) is 0 Å². The summed E-state index contributed by atoms with van der Waals surface area (Å²) in [5.74, 6) is 0. The Morgan fingerprint density at radius 2 is 1.81 bits per heavy atom. The summed E-state index contributed by atoms with van der Waals surface area (Å²) in [6.07, 6.45) is -2.58. The van der Waals surface area contributed by atoms with E-state index in [0.717, 1.165) is 19.4 Å². The number of hydrogen-bond acceptors (Lipinski definition) is 2. The zero-order chi connectivity index (χ0) is 12.6. The molecule has 0 aromatic rings. The fourth-order valence-electron chi connectivity index (χ4n) is 1.67. The summed E-state index contributed by atoms with van der Waals surface area (Å²) in [5.41, 5.74) is 0. The maximum absolute atomic E-state index is 12.2. The smallest absolute Gasteiger partial charge is 0.314 e. The van der Waals surface area contributed by atoms with Crippen LogP contribution < -0.4 is 5.32 Å². The molecule has 5 heteroatoms. The summed E-state index contributed by atoms with van der Waals surface area (Å²) in [6, 6.07) is 0.276. The highest BCUT2D eigenvalue weighted by atomic mass is 19.4. The maximum Gasteiger partial charge on any atom is 0.401 e. The Labute approximate surface area is 96.2 Å². The first-order valence-corrected chi connectivity index (χ1v) is 5.91. The molecule has 0 amide bonds. The second kappa shape index (κ2) is 7.90. The average Bonchev–Trinajstić information content (AvgIpc) is 2.13. The molecule has 2 nitrogen and oxygen atoms in total. The van der Waals surface area contributed by atoms with Crippen LogP contribution in [0.4, 0.5) is 13.2 Å². The summed E-state index contributed by atoms with van der Waals surface area (Å²) < 4.78 is 36.7. The standard InChI is InChI=1S/C11H23F3N2/c1-4-7-16(9-11(12,13)14)8-6-10(3)15-5-2/h10,15H,4-9H2,1-3H3. The zero-order valence-corrected chi connectivity index (χ0v) is 10.4. The van der Waals surface area contributed by atoms with Gasteiger partial charge in [0.15, 0.2) is 0 Å². The van der Waals surface area contributed by atoms with Gasteiger partial charge in [-0.25, -0.2) is 0 Å². The van der Waals surface area contributed by atoms with Gasteiger partial charge >= 0.3 is 6.18 Å². The summed E-state index contributed by atoms with van der Waals surface area (Å²) in [6.45, 7) is 6.97. The first kappa shape index (κ1) is 15.7. The van der Waals surface area contributed by atoms with Crippen LogP contribution in [0.25, 0.3) is 0 Å². The minimum atomic E-state index is -4.09. The summed E-state index contributed by atoms with van der Waals surface area (Å²) >= 11 is 0. The molecule has 0 saturated heterocycles. The molecule has 0 rings (SSSR count). The molecular weight excluding hydrogens is 217 g/mol. The molecule has 0 aromatic carbocycles. The average molecular weight is 240 g/mol. The zero-order valence-electron chi connectivity index (χ0n) is 10.4. The van der Waals surface area contributed by atoms with Crippen LogP contribution in [0.3, 0.4) is 0 Å². The molecule has 0 bridgehead atoms. The molecule has 0 aliphatic carbocycles. The van der Waals surface area contributed by atoms with E-state index in [2.05, 4.69) is 5.32 Å². The molecule has 0 radical (unpaired) electrons. The predicted octanol–water partition coefficient (Wildman–Crippen LogP) is 2.65. The van der Waals surface area contributed by atoms with E-state index < -0.39 is 12.7 Å². The largest absolute Gasteiger partial charge is 0.401 e. The van der Waals surface area contributed by atoms with Gasteiger partial charge in [0.05, 0.1) is 6.54 Å². The minimum Gasteiger partial charge on any atom is -0.314 e. The number of nitrogens with one attached hydrogen (secondary N) is 1. The van der Waals surface area contributed by atoms with Crippen LogP contribution in [0.15, 0.2) is 0 Å². The molecule has 0 saturated carbocycles. The highest BCUT2D eigenvalue weighted by Crippen LogP contribution is 2.16. The Hall–Kier alpha value is -0.290. The SMILES string of the molecule is CCCN(CCC(C)NCC)CC(F)(F)F. The van der Waals surface area contributed by atoms with Gasteiger partial charge in [0.25, 0.3) is 0 Å². The first-order valence-electron chi connectivity index (χ1n) is 5.91. The van der Waals surface area contributed by atoms with Gasteiger partial charge < -0.3 is 5.32 Å². The molecule has 0 aromatic heterocycles. The van der Waals surface area contributed by atoms with E-state index in [1.165, 1.54) is 4.90 Å². The van der Waals surface area contributed by atoms with Crippen molar-refractivity contribution < 1.29 is 13.2 Å². The highest BCUT2D eigenvalue weighted by Gasteiger charge is 2.30. The van der Waals surface area contributed by atoms with Gasteiger partial charge in [-0.15, -0.1) is 0 Å². The Bertz CT molecular complexity index is 171. The lowest BCUT2D eigenvalue weighted by Crippen LogP contribution is -2.38. The summed E-state index contributed by atoms with van der Waals surface area (Å²) in [5, 5.41) is 3.20. The van der Waals surface area contributed by atoms with E-state index in [1.807, 2.05) is 20.8 Å². The second-order valence-electron chi connectivity index (χ2n) is 4.14. The molecule has 0 aliphatic rings. The van der Waals surface area contributed by atoms with Gasteiger partial charge in [-0.1, -0.05) is 13.8 Å². The topological polar surface area (TPSA) is 15.3 Å². The monoisotopic (exact) mass is 240 g/mol. The Morgan fingerprint density at radius 3 is 2.25 bits per heavy atom. The van der Waals surface area contributed by atoms with Crippen molar-refractivity contribution in [1.82, 2.24) is 10.2 Å². The lowest BCUT2D eigenvalue weighted by Gasteiger charge is -2.24. The van der Waals surface area contributed by atoms with Crippen LogP contribution in [-0.2, 0) is 0 Å². The lowest BCUT2D eigenvalue weighted by molar-refractivity contribution is -0.146. The predicted molar refractivity (Wildman–Crippen MR) is 60.5 cm³/mol. The van der Waals surface area contributed by atoms with Crippen molar-refractivity contribution >= 4 is 0 Å². The van der Waals surface area contributed by atoms with Crippen molar-refractivity contribution in [3.63, 3.8) is 0 Å². The molecule has 0 spiro atoms. The Kier molecular flexibility index (Phi) is 7.76. The van der Waals surface area contributed by atoms with Gasteiger partial charge in [0.2, 0.25) is 0 Å². The Morgan fingerprint density at radius 1 is 1.19 bits per heavy atom. The number of alkyl halides is 3. The molecule has 0 aliphatic heterocycles. The van der Waals surface area contributed by atoms with E-state index in [-0.39, 0.29) is 6.04 Å². The fourth-order valence-corrected chi connectivity index (χ4v) is 1.67. The van der Waals surface area contributed by atoms with E-state index in [4.69, 9.17) is 0 Å². The first-order chi connectivity index (χ1) is 7.39. The van der Waals surface area contributed by atoms with E-state index in [0.29, 0.717) is 13.1 Å². The fraction of sp³-hybridized carbons (Fsp3) is 1.00. The van der Waals surface area contributed by atoms with Gasteiger partial charge in [-0.2, -0.15) is 13.2 Å². The quantitative estimate of drug-likeness (QED) is 0.701. The number of halogens is 3. The molecule has 0 fully saturated rings. The maximum atomic E-state index is 12.2. The third-order valence-corrected chi connectivity index (χ3v) is 2.37. The third kappa shape index (κ3) is 8.97. The lowest BCUT2D eigenvalue weighted by atomic mass is 10.2. The highest BCUT2D eigenvalue weighted by molar-refractivity contribution is 4.67. The van der Waals surface area contributed by atoms with Crippen molar-refractivity contribution in [3.8, 4) is 0 Å². The van der Waals surface area contributed by atoms with Gasteiger partial charge in [0.1, 0.15) is 0 Å². The summed E-state index contributed by atoms with van der Waals surface area (Å²) in [4.78, 5) is 1.48. The van der Waals surface area contributed by atoms with Crippen molar-refractivity contribution in [2.75, 3.05) is 26.2 Å². The molecule has 0 heterocycles. The summed E-state index contributed by atoms with van der Waals surface area (Å²) in [7, 11) is 0. The van der Waals surface area contributed by atoms with Crippen molar-refractivity contribution in [3.05, 3.63) is 0 Å². The van der Waals surface area contributed by atoms with Crippen LogP contribution in [0.1, 0.15) is 33.6 Å². The van der Waals surface area contributed by atoms with Gasteiger partial charge in [0, 0.05) is 6.04 Å². The molecular formula is C11H23F3N2. The molecule has 1 atom stereocenters. The van der Waals surface area contributed by atoms with Crippen molar-refractivity contribution in [2.24, 2.45) is 0 Å². The number of hydrogen-bond donors (Lipinski definition) is 1. The van der Waals surface area contributed by atoms with Crippen LogP contribution in [0.5, 0.6) is 0 Å². The molecule has 1 unspecified atom stereocenters. The van der Waals surface area contributed by atoms with E-state index in [1.54, 1.807) is 0 Å². The van der Waals surface area contributed by atoms with Gasteiger partial charge in [-0.3, -0.25) is 4.90 Å². The molecule has 1 N–H and O–H groups in total. The molecule has 16 heavy (non-hydrogen) atoms.